The van der Waals surface area contributed by atoms with Gasteiger partial charge in [0.05, 0.1) is 19.3 Å². The molecular formula is C12H20N4OS. The molecule has 0 radical (unpaired) electrons. The minimum absolute atomic E-state index is 0.244. The standard InChI is InChI=1S/C12H20N4OS/c1-2-11-13-14-12(18)16(11)7-10-6-15-5-3-4-9(15)8-17-10/h9-10H,2-8H2,1H3,(H,14,18). The van der Waals surface area contributed by atoms with Crippen LogP contribution in [0.25, 0.3) is 0 Å². The van der Waals surface area contributed by atoms with Crippen molar-refractivity contribution in [1.82, 2.24) is 19.7 Å². The zero-order valence-electron chi connectivity index (χ0n) is 10.8. The molecule has 18 heavy (non-hydrogen) atoms. The van der Waals surface area contributed by atoms with E-state index in [0.29, 0.717) is 10.8 Å². The maximum absolute atomic E-state index is 5.97. The van der Waals surface area contributed by atoms with E-state index in [9.17, 15) is 0 Å². The van der Waals surface area contributed by atoms with E-state index < -0.39 is 0 Å². The van der Waals surface area contributed by atoms with Gasteiger partial charge in [-0.2, -0.15) is 5.10 Å². The van der Waals surface area contributed by atoms with Gasteiger partial charge < -0.3 is 9.30 Å². The Hall–Kier alpha value is -0.720. The van der Waals surface area contributed by atoms with Crippen molar-refractivity contribution < 1.29 is 4.74 Å². The van der Waals surface area contributed by atoms with Crippen LogP contribution < -0.4 is 0 Å². The zero-order chi connectivity index (χ0) is 12.5. The molecule has 0 aliphatic carbocycles. The summed E-state index contributed by atoms with van der Waals surface area (Å²) in [4.78, 5) is 2.56. The summed E-state index contributed by atoms with van der Waals surface area (Å²) < 4.78 is 8.76. The number of H-pyrrole nitrogens is 1. The van der Waals surface area contributed by atoms with Crippen molar-refractivity contribution in [2.45, 2.75) is 44.9 Å². The molecule has 1 aromatic rings. The maximum atomic E-state index is 5.97. The summed E-state index contributed by atoms with van der Waals surface area (Å²) in [6.45, 7) is 6.04. The number of fused-ring (bicyclic) bond motifs is 1. The van der Waals surface area contributed by atoms with Gasteiger partial charge in [0.2, 0.25) is 0 Å². The molecule has 2 fully saturated rings. The van der Waals surface area contributed by atoms with Crippen molar-refractivity contribution in [3.63, 3.8) is 0 Å². The van der Waals surface area contributed by atoms with Crippen LogP contribution in [0.1, 0.15) is 25.6 Å². The molecule has 0 saturated carbocycles. The van der Waals surface area contributed by atoms with Crippen LogP contribution >= 0.6 is 12.2 Å². The van der Waals surface area contributed by atoms with Crippen molar-refractivity contribution in [2.75, 3.05) is 19.7 Å². The van der Waals surface area contributed by atoms with Crippen LogP contribution in [0.2, 0.25) is 0 Å². The molecule has 0 amide bonds. The maximum Gasteiger partial charge on any atom is 0.195 e. The number of rotatable bonds is 3. The van der Waals surface area contributed by atoms with Gasteiger partial charge in [0.1, 0.15) is 5.82 Å². The van der Waals surface area contributed by atoms with E-state index in [1.807, 2.05) is 0 Å². The van der Waals surface area contributed by atoms with E-state index >= 15 is 0 Å². The summed E-state index contributed by atoms with van der Waals surface area (Å²) in [7, 11) is 0. The Morgan fingerprint density at radius 2 is 2.44 bits per heavy atom. The summed E-state index contributed by atoms with van der Waals surface area (Å²) in [6.07, 6.45) is 3.74. The fourth-order valence-corrected chi connectivity index (χ4v) is 3.23. The number of hydrogen-bond acceptors (Lipinski definition) is 4. The highest BCUT2D eigenvalue weighted by Crippen LogP contribution is 2.23. The fourth-order valence-electron chi connectivity index (χ4n) is 3.01. The van der Waals surface area contributed by atoms with Crippen LogP contribution in [0.15, 0.2) is 0 Å². The Morgan fingerprint density at radius 1 is 1.56 bits per heavy atom. The average Bonchev–Trinajstić information content (AvgIpc) is 2.97. The Bertz CT molecular complexity index is 469. The lowest BCUT2D eigenvalue weighted by Gasteiger charge is -2.35. The molecule has 2 saturated heterocycles. The molecule has 1 aromatic heterocycles. The number of aromatic nitrogens is 3. The van der Waals surface area contributed by atoms with Crippen LogP contribution in [0, 0.1) is 4.77 Å². The molecule has 2 atom stereocenters. The van der Waals surface area contributed by atoms with Crippen LogP contribution in [0.3, 0.4) is 0 Å². The van der Waals surface area contributed by atoms with Gasteiger partial charge in [-0.15, -0.1) is 0 Å². The average molecular weight is 268 g/mol. The van der Waals surface area contributed by atoms with Gasteiger partial charge in [-0.1, -0.05) is 6.92 Å². The molecule has 5 nitrogen and oxygen atoms in total. The van der Waals surface area contributed by atoms with Crippen molar-refractivity contribution in [2.24, 2.45) is 0 Å². The lowest BCUT2D eigenvalue weighted by molar-refractivity contribution is -0.0556. The topological polar surface area (TPSA) is 46.1 Å². The second-order valence-electron chi connectivity index (χ2n) is 5.16. The molecule has 0 bridgehead atoms. The molecule has 2 unspecified atom stereocenters. The third kappa shape index (κ3) is 2.24. The van der Waals surface area contributed by atoms with Gasteiger partial charge in [0.25, 0.3) is 0 Å². The van der Waals surface area contributed by atoms with E-state index in [4.69, 9.17) is 17.0 Å². The number of ether oxygens (including phenoxy) is 1. The summed E-state index contributed by atoms with van der Waals surface area (Å²) in [5.74, 6) is 1.02. The van der Waals surface area contributed by atoms with E-state index in [0.717, 1.165) is 31.9 Å². The zero-order valence-corrected chi connectivity index (χ0v) is 11.6. The minimum Gasteiger partial charge on any atom is -0.373 e. The third-order valence-electron chi connectivity index (χ3n) is 4.00. The highest BCUT2D eigenvalue weighted by molar-refractivity contribution is 7.71. The summed E-state index contributed by atoms with van der Waals surface area (Å²) >= 11 is 5.28. The Morgan fingerprint density at radius 3 is 3.28 bits per heavy atom. The smallest absolute Gasteiger partial charge is 0.195 e. The fraction of sp³-hybridized carbons (Fsp3) is 0.833. The number of nitrogens with zero attached hydrogens (tertiary/aromatic N) is 3. The third-order valence-corrected chi connectivity index (χ3v) is 4.31. The molecule has 3 rings (SSSR count). The lowest BCUT2D eigenvalue weighted by Crippen LogP contribution is -2.47. The van der Waals surface area contributed by atoms with Gasteiger partial charge in [-0.25, -0.2) is 0 Å². The number of aryl methyl sites for hydroxylation is 1. The predicted molar refractivity (Wildman–Crippen MR) is 71.1 cm³/mol. The number of hydrogen-bond donors (Lipinski definition) is 1. The molecule has 2 aliphatic heterocycles. The van der Waals surface area contributed by atoms with E-state index in [1.165, 1.54) is 19.4 Å². The lowest BCUT2D eigenvalue weighted by atomic mass is 10.2. The normalized spacial score (nSPS) is 28.5. The molecule has 6 heteroatoms. The quantitative estimate of drug-likeness (QED) is 0.841. The van der Waals surface area contributed by atoms with Crippen LogP contribution in [0.4, 0.5) is 0 Å². The van der Waals surface area contributed by atoms with E-state index in [-0.39, 0.29) is 6.10 Å². The first-order valence-electron chi connectivity index (χ1n) is 6.77. The van der Waals surface area contributed by atoms with Crippen molar-refractivity contribution in [3.8, 4) is 0 Å². The van der Waals surface area contributed by atoms with Crippen LogP contribution in [-0.4, -0.2) is 51.5 Å². The highest BCUT2D eigenvalue weighted by Gasteiger charge is 2.32. The second kappa shape index (κ2) is 5.11. The van der Waals surface area contributed by atoms with E-state index in [1.54, 1.807) is 0 Å². The van der Waals surface area contributed by atoms with Crippen molar-refractivity contribution in [3.05, 3.63) is 10.6 Å². The summed E-state index contributed by atoms with van der Waals surface area (Å²) in [6, 6.07) is 0.657. The van der Waals surface area contributed by atoms with Gasteiger partial charge in [-0.05, 0) is 31.6 Å². The molecule has 0 aromatic carbocycles. The first-order chi connectivity index (χ1) is 8.78. The molecule has 0 spiro atoms. The van der Waals surface area contributed by atoms with Gasteiger partial charge in [0, 0.05) is 19.0 Å². The van der Waals surface area contributed by atoms with Crippen LogP contribution in [0.5, 0.6) is 0 Å². The SMILES string of the molecule is CCc1n[nH]c(=S)n1CC1CN2CCCC2CO1. The second-order valence-corrected chi connectivity index (χ2v) is 5.54. The Balaban J connectivity index is 1.69. The van der Waals surface area contributed by atoms with Crippen LogP contribution in [-0.2, 0) is 17.7 Å². The minimum atomic E-state index is 0.244. The molecule has 1 N–H and O–H groups in total. The first-order valence-corrected chi connectivity index (χ1v) is 7.18. The van der Waals surface area contributed by atoms with Crippen molar-refractivity contribution in [1.29, 1.82) is 0 Å². The molecular weight excluding hydrogens is 248 g/mol. The van der Waals surface area contributed by atoms with Gasteiger partial charge in [0.15, 0.2) is 4.77 Å². The van der Waals surface area contributed by atoms with Crippen molar-refractivity contribution >= 4 is 12.2 Å². The van der Waals surface area contributed by atoms with Gasteiger partial charge >= 0.3 is 0 Å². The highest BCUT2D eigenvalue weighted by atomic mass is 32.1. The van der Waals surface area contributed by atoms with E-state index in [2.05, 4.69) is 26.6 Å². The predicted octanol–water partition coefficient (Wildman–Crippen LogP) is 1.37. The largest absolute Gasteiger partial charge is 0.373 e. The first kappa shape index (κ1) is 12.3. The van der Waals surface area contributed by atoms with Gasteiger partial charge in [-0.3, -0.25) is 10.00 Å². The molecule has 2 aliphatic rings. The Kier molecular flexibility index (Phi) is 3.50. The number of morpholine rings is 1. The summed E-state index contributed by atoms with van der Waals surface area (Å²) in [5.41, 5.74) is 0. The molecule has 100 valence electrons. The Labute approximate surface area is 112 Å². The summed E-state index contributed by atoms with van der Waals surface area (Å²) in [5, 5.41) is 7.11. The number of aromatic amines is 1. The number of nitrogens with one attached hydrogen (secondary N) is 1. The molecule has 3 heterocycles. The monoisotopic (exact) mass is 268 g/mol.